The lowest BCUT2D eigenvalue weighted by Gasteiger charge is -2.24. The third-order valence-electron chi connectivity index (χ3n) is 5.35. The van der Waals surface area contributed by atoms with Crippen LogP contribution in [0.15, 0.2) is 82.8 Å². The van der Waals surface area contributed by atoms with Gasteiger partial charge in [-0.25, -0.2) is 13.8 Å². The highest BCUT2D eigenvalue weighted by Gasteiger charge is 2.27. The smallest absolute Gasteiger partial charge is 0.264 e. The Bertz CT molecular complexity index is 1270. The number of nitrogens with zero attached hydrogens (tertiary/aromatic N) is 2. The molecule has 1 amide bonds. The molecule has 0 unspecified atom stereocenters. The molecule has 0 bridgehead atoms. The predicted octanol–water partition coefficient (Wildman–Crippen LogP) is 5.51. The second-order valence-electron chi connectivity index (χ2n) is 8.31. The number of carbonyl (C=O) groups is 1. The molecule has 3 aromatic carbocycles. The number of anilines is 1. The maximum Gasteiger partial charge on any atom is 0.264 e. The van der Waals surface area contributed by atoms with E-state index in [9.17, 15) is 13.2 Å². The van der Waals surface area contributed by atoms with E-state index in [2.05, 4.69) is 24.4 Å². The van der Waals surface area contributed by atoms with Gasteiger partial charge in [-0.3, -0.25) is 9.10 Å². The average Bonchev–Trinajstić information content (AvgIpc) is 2.81. The number of hydrogen-bond donors (Lipinski definition) is 1. The molecular formula is C26H28ClN3O3S. The number of carbonyl (C=O) groups excluding carboxylic acids is 1. The maximum absolute atomic E-state index is 13.5. The van der Waals surface area contributed by atoms with Gasteiger partial charge in [0.1, 0.15) is 6.54 Å². The average molecular weight is 498 g/mol. The number of halogens is 1. The van der Waals surface area contributed by atoms with Crippen LogP contribution >= 0.6 is 11.6 Å². The van der Waals surface area contributed by atoms with Crippen LogP contribution in [0.25, 0.3) is 0 Å². The second-order valence-corrected chi connectivity index (χ2v) is 10.6. The zero-order valence-corrected chi connectivity index (χ0v) is 21.2. The van der Waals surface area contributed by atoms with E-state index >= 15 is 0 Å². The van der Waals surface area contributed by atoms with Crippen molar-refractivity contribution in [2.45, 2.75) is 38.5 Å². The fourth-order valence-corrected chi connectivity index (χ4v) is 4.79. The lowest BCUT2D eigenvalue weighted by molar-refractivity contribution is -0.119. The van der Waals surface area contributed by atoms with Crippen LogP contribution in [0.1, 0.15) is 43.4 Å². The van der Waals surface area contributed by atoms with Gasteiger partial charge in [-0.2, -0.15) is 5.10 Å². The first-order valence-electron chi connectivity index (χ1n) is 10.9. The highest BCUT2D eigenvalue weighted by atomic mass is 35.5. The van der Waals surface area contributed by atoms with Crippen LogP contribution in [0.5, 0.6) is 0 Å². The lowest BCUT2D eigenvalue weighted by Crippen LogP contribution is -2.39. The summed E-state index contributed by atoms with van der Waals surface area (Å²) in [6.07, 6.45) is 0. The minimum absolute atomic E-state index is 0.111. The third kappa shape index (κ3) is 6.24. The van der Waals surface area contributed by atoms with Crippen molar-refractivity contribution in [3.05, 3.63) is 94.5 Å². The first-order valence-corrected chi connectivity index (χ1v) is 12.7. The molecule has 0 aliphatic carbocycles. The van der Waals surface area contributed by atoms with Crippen molar-refractivity contribution < 1.29 is 13.2 Å². The first-order chi connectivity index (χ1) is 16.1. The molecule has 0 aliphatic heterocycles. The Morgan fingerprint density at radius 2 is 1.56 bits per heavy atom. The van der Waals surface area contributed by atoms with Crippen LogP contribution in [0, 0.1) is 6.92 Å². The summed E-state index contributed by atoms with van der Waals surface area (Å²) >= 11 is 5.92. The summed E-state index contributed by atoms with van der Waals surface area (Å²) in [7, 11) is -3.99. The van der Waals surface area contributed by atoms with Crippen molar-refractivity contribution in [3.63, 3.8) is 0 Å². The lowest BCUT2D eigenvalue weighted by atomic mass is 10.0. The van der Waals surface area contributed by atoms with Gasteiger partial charge in [0.05, 0.1) is 16.3 Å². The van der Waals surface area contributed by atoms with Crippen molar-refractivity contribution in [1.29, 1.82) is 0 Å². The molecule has 178 valence electrons. The van der Waals surface area contributed by atoms with E-state index in [0.717, 1.165) is 21.0 Å². The van der Waals surface area contributed by atoms with Crippen LogP contribution in [0.4, 0.5) is 5.69 Å². The van der Waals surface area contributed by atoms with E-state index in [0.29, 0.717) is 22.3 Å². The van der Waals surface area contributed by atoms with Gasteiger partial charge in [0, 0.05) is 5.02 Å². The summed E-state index contributed by atoms with van der Waals surface area (Å²) in [6.45, 7) is 7.32. The van der Waals surface area contributed by atoms with Gasteiger partial charge in [0.15, 0.2) is 0 Å². The Kier molecular flexibility index (Phi) is 8.12. The Balaban J connectivity index is 1.88. The number of rotatable bonds is 8. The van der Waals surface area contributed by atoms with E-state index < -0.39 is 22.5 Å². The Morgan fingerprint density at radius 1 is 0.971 bits per heavy atom. The Hall–Kier alpha value is -3.16. The zero-order valence-electron chi connectivity index (χ0n) is 19.6. The van der Waals surface area contributed by atoms with Crippen LogP contribution in [0.3, 0.4) is 0 Å². The monoisotopic (exact) mass is 497 g/mol. The third-order valence-corrected chi connectivity index (χ3v) is 7.39. The molecule has 0 saturated carbocycles. The van der Waals surface area contributed by atoms with E-state index in [1.54, 1.807) is 67.6 Å². The standard InChI is InChI=1S/C26H28ClN3O3S/c1-18(2)21-9-13-24(14-10-21)30(34(32,33)25-15-5-19(3)6-16-25)17-26(31)29-28-20(4)22-7-11-23(27)12-8-22/h5-16,18H,17H2,1-4H3,(H,29,31)/b28-20-. The van der Waals surface area contributed by atoms with Gasteiger partial charge in [-0.1, -0.05) is 67.4 Å². The number of amides is 1. The molecular weight excluding hydrogens is 470 g/mol. The minimum Gasteiger partial charge on any atom is -0.271 e. The molecule has 3 rings (SSSR count). The fourth-order valence-electron chi connectivity index (χ4n) is 3.25. The van der Waals surface area contributed by atoms with E-state index in [1.807, 2.05) is 19.1 Å². The number of hydrogen-bond acceptors (Lipinski definition) is 4. The molecule has 0 saturated heterocycles. The molecule has 0 spiro atoms. The summed E-state index contributed by atoms with van der Waals surface area (Å²) in [6, 6.07) is 20.8. The Labute approximate surface area is 206 Å². The van der Waals surface area contributed by atoms with Crippen LogP contribution in [0.2, 0.25) is 5.02 Å². The predicted molar refractivity (Wildman–Crippen MR) is 138 cm³/mol. The molecule has 0 radical (unpaired) electrons. The maximum atomic E-state index is 13.5. The number of benzene rings is 3. The molecule has 3 aromatic rings. The molecule has 6 nitrogen and oxygen atoms in total. The van der Waals surface area contributed by atoms with Crippen molar-refractivity contribution in [1.82, 2.24) is 5.43 Å². The largest absolute Gasteiger partial charge is 0.271 e. The second kappa shape index (κ2) is 10.8. The number of sulfonamides is 1. The van der Waals surface area contributed by atoms with E-state index in [-0.39, 0.29) is 4.90 Å². The number of hydrazone groups is 1. The molecule has 0 fully saturated rings. The van der Waals surface area contributed by atoms with Crippen LogP contribution in [-0.2, 0) is 14.8 Å². The number of aryl methyl sites for hydroxylation is 1. The van der Waals surface area contributed by atoms with Gasteiger partial charge in [0.2, 0.25) is 0 Å². The van der Waals surface area contributed by atoms with Crippen molar-refractivity contribution in [3.8, 4) is 0 Å². The van der Waals surface area contributed by atoms with Crippen molar-refractivity contribution >= 4 is 38.9 Å². The Morgan fingerprint density at radius 3 is 2.12 bits per heavy atom. The van der Waals surface area contributed by atoms with Crippen molar-refractivity contribution in [2.24, 2.45) is 5.10 Å². The van der Waals surface area contributed by atoms with Crippen LogP contribution < -0.4 is 9.73 Å². The summed E-state index contributed by atoms with van der Waals surface area (Å²) in [5, 5.41) is 4.73. The molecule has 1 N–H and O–H groups in total. The summed E-state index contributed by atoms with van der Waals surface area (Å²) in [4.78, 5) is 12.9. The van der Waals surface area contributed by atoms with Crippen LogP contribution in [-0.4, -0.2) is 26.6 Å². The quantitative estimate of drug-likeness (QED) is 0.329. The molecule has 0 heterocycles. The van der Waals surface area contributed by atoms with Gasteiger partial charge in [-0.15, -0.1) is 0 Å². The minimum atomic E-state index is -3.99. The van der Waals surface area contributed by atoms with Gasteiger partial charge < -0.3 is 0 Å². The molecule has 0 aliphatic rings. The fraction of sp³-hybridized carbons (Fsp3) is 0.231. The SMILES string of the molecule is C/C(=N/NC(=O)CN(c1ccc(C(C)C)cc1)S(=O)(=O)c1ccc(C)cc1)c1ccc(Cl)cc1. The molecule has 0 atom stereocenters. The van der Waals surface area contributed by atoms with Gasteiger partial charge in [-0.05, 0) is 67.3 Å². The van der Waals surface area contributed by atoms with E-state index in [4.69, 9.17) is 11.6 Å². The summed E-state index contributed by atoms with van der Waals surface area (Å²) in [5.41, 5.74) is 6.24. The van der Waals surface area contributed by atoms with E-state index in [1.165, 1.54) is 0 Å². The summed E-state index contributed by atoms with van der Waals surface area (Å²) in [5.74, 6) is -0.262. The first kappa shape index (κ1) is 25.5. The van der Waals surface area contributed by atoms with Crippen molar-refractivity contribution in [2.75, 3.05) is 10.8 Å². The molecule has 8 heteroatoms. The molecule has 34 heavy (non-hydrogen) atoms. The highest BCUT2D eigenvalue weighted by Crippen LogP contribution is 2.26. The molecule has 0 aromatic heterocycles. The normalized spacial score (nSPS) is 12.0. The van der Waals surface area contributed by atoms with Gasteiger partial charge in [0.25, 0.3) is 15.9 Å². The van der Waals surface area contributed by atoms with Gasteiger partial charge >= 0.3 is 0 Å². The number of nitrogens with one attached hydrogen (secondary N) is 1. The topological polar surface area (TPSA) is 78.8 Å². The zero-order chi connectivity index (χ0) is 24.9. The summed E-state index contributed by atoms with van der Waals surface area (Å²) < 4.78 is 28.1. The highest BCUT2D eigenvalue weighted by molar-refractivity contribution is 7.92.